The molecule has 0 aliphatic carbocycles. The van der Waals surface area contributed by atoms with Crippen LogP contribution in [0.4, 0.5) is 0 Å². The van der Waals surface area contributed by atoms with Crippen molar-refractivity contribution >= 4 is 21.7 Å². The lowest BCUT2D eigenvalue weighted by Gasteiger charge is -2.37. The van der Waals surface area contributed by atoms with Crippen LogP contribution in [0, 0.1) is 5.92 Å². The fourth-order valence-electron chi connectivity index (χ4n) is 2.84. The number of nitrogens with zero attached hydrogens (tertiary/aromatic N) is 1. The smallest absolute Gasteiger partial charge is 0.305 e. The lowest BCUT2D eigenvalue weighted by Crippen LogP contribution is -2.55. The van der Waals surface area contributed by atoms with E-state index in [1.807, 2.05) is 0 Å². The van der Waals surface area contributed by atoms with Gasteiger partial charge in [0.1, 0.15) is 0 Å². The second-order valence-electron chi connectivity index (χ2n) is 5.44. The summed E-state index contributed by atoms with van der Waals surface area (Å²) in [7, 11) is -3.25. The Morgan fingerprint density at radius 1 is 1.35 bits per heavy atom. The van der Waals surface area contributed by atoms with Gasteiger partial charge in [0.25, 0.3) is 0 Å². The number of carbonyl (C=O) groups is 2. The zero-order valence-corrected chi connectivity index (χ0v) is 12.1. The third-order valence-electron chi connectivity index (χ3n) is 3.87. The van der Waals surface area contributed by atoms with Crippen LogP contribution in [0.1, 0.15) is 19.3 Å². The van der Waals surface area contributed by atoms with Crippen LogP contribution in [-0.2, 0) is 19.4 Å². The minimum atomic E-state index is -3.25. The van der Waals surface area contributed by atoms with Crippen molar-refractivity contribution < 1.29 is 23.1 Å². The Labute approximate surface area is 118 Å². The van der Waals surface area contributed by atoms with E-state index in [-0.39, 0.29) is 36.3 Å². The van der Waals surface area contributed by atoms with Gasteiger partial charge < -0.3 is 15.3 Å². The summed E-state index contributed by atoms with van der Waals surface area (Å²) in [5.74, 6) is -1.67. The minimum absolute atomic E-state index is 0.0744. The molecule has 1 unspecified atom stereocenters. The fourth-order valence-corrected chi connectivity index (χ4v) is 4.37. The first-order chi connectivity index (χ1) is 9.39. The van der Waals surface area contributed by atoms with E-state index in [1.54, 1.807) is 0 Å². The lowest BCUT2D eigenvalue weighted by molar-refractivity contribution is -0.142. The number of carbonyl (C=O) groups excluding carboxylic acids is 1. The van der Waals surface area contributed by atoms with Crippen LogP contribution in [-0.4, -0.2) is 67.5 Å². The highest BCUT2D eigenvalue weighted by Gasteiger charge is 2.37. The first-order valence-corrected chi connectivity index (χ1v) is 8.64. The zero-order chi connectivity index (χ0) is 14.8. The Morgan fingerprint density at radius 3 is 2.70 bits per heavy atom. The molecule has 0 saturated carbocycles. The average Bonchev–Trinajstić information content (AvgIpc) is 2.37. The van der Waals surface area contributed by atoms with Gasteiger partial charge in [-0.1, -0.05) is 0 Å². The number of aliphatic carboxylic acids is 1. The summed E-state index contributed by atoms with van der Waals surface area (Å²) in [6.45, 7) is 1.58. The molecule has 2 aliphatic heterocycles. The fraction of sp³-hybridized carbons (Fsp3) is 0.833. The number of rotatable bonds is 3. The molecule has 0 bridgehead atoms. The minimum Gasteiger partial charge on any atom is -0.481 e. The van der Waals surface area contributed by atoms with E-state index in [4.69, 9.17) is 5.11 Å². The molecule has 0 aromatic rings. The molecule has 7 nitrogen and oxygen atoms in total. The molecule has 0 aromatic heterocycles. The molecule has 0 radical (unpaired) electrons. The van der Waals surface area contributed by atoms with Crippen LogP contribution in [0.2, 0.25) is 0 Å². The van der Waals surface area contributed by atoms with Crippen molar-refractivity contribution in [1.29, 1.82) is 0 Å². The summed E-state index contributed by atoms with van der Waals surface area (Å²) < 4.78 is 23.3. The summed E-state index contributed by atoms with van der Waals surface area (Å²) in [4.78, 5) is 24.8. The van der Waals surface area contributed by atoms with Gasteiger partial charge in [-0.15, -0.1) is 0 Å². The molecule has 2 atom stereocenters. The maximum Gasteiger partial charge on any atom is 0.305 e. The van der Waals surface area contributed by atoms with Gasteiger partial charge in [0, 0.05) is 13.1 Å². The summed E-state index contributed by atoms with van der Waals surface area (Å²) in [6, 6.07) is -0.735. The second kappa shape index (κ2) is 6.09. The molecule has 2 fully saturated rings. The predicted octanol–water partition coefficient (Wildman–Crippen LogP) is -0.914. The molecule has 20 heavy (non-hydrogen) atoms. The molecule has 2 rings (SSSR count). The predicted molar refractivity (Wildman–Crippen MR) is 72.0 cm³/mol. The molecular formula is C12H20N2O5S. The Kier molecular flexibility index (Phi) is 4.64. The molecular weight excluding hydrogens is 284 g/mol. The molecule has 114 valence electrons. The largest absolute Gasteiger partial charge is 0.481 e. The Hall–Kier alpha value is -1.15. The number of nitrogens with one attached hydrogen (secondary N) is 1. The molecule has 2 heterocycles. The van der Waals surface area contributed by atoms with Crippen LogP contribution in [0.25, 0.3) is 0 Å². The van der Waals surface area contributed by atoms with E-state index in [9.17, 15) is 18.0 Å². The number of hydrogen-bond acceptors (Lipinski definition) is 5. The van der Waals surface area contributed by atoms with Gasteiger partial charge in [0.15, 0.2) is 9.84 Å². The molecule has 2 saturated heterocycles. The van der Waals surface area contributed by atoms with Crippen LogP contribution < -0.4 is 5.32 Å². The van der Waals surface area contributed by atoms with Gasteiger partial charge in [-0.05, 0) is 19.4 Å². The average molecular weight is 304 g/mol. The monoisotopic (exact) mass is 304 g/mol. The molecule has 8 heteroatoms. The summed E-state index contributed by atoms with van der Waals surface area (Å²) in [6.07, 6.45) is 1.37. The van der Waals surface area contributed by atoms with Crippen molar-refractivity contribution in [2.75, 3.05) is 31.1 Å². The second-order valence-corrected chi connectivity index (χ2v) is 7.67. The van der Waals surface area contributed by atoms with Gasteiger partial charge in [0.2, 0.25) is 5.91 Å². The maximum absolute atomic E-state index is 12.5. The highest BCUT2D eigenvalue weighted by atomic mass is 32.2. The topological polar surface area (TPSA) is 104 Å². The Bertz CT molecular complexity index is 484. The number of hydrogen-bond donors (Lipinski definition) is 2. The van der Waals surface area contributed by atoms with Crippen molar-refractivity contribution in [3.8, 4) is 0 Å². The van der Waals surface area contributed by atoms with Crippen molar-refractivity contribution in [3.05, 3.63) is 0 Å². The van der Waals surface area contributed by atoms with Crippen molar-refractivity contribution in [1.82, 2.24) is 10.2 Å². The molecule has 0 spiro atoms. The quantitative estimate of drug-likeness (QED) is 0.699. The Morgan fingerprint density at radius 2 is 2.10 bits per heavy atom. The number of carboxylic acid groups (broad SMARTS) is 1. The SMILES string of the molecule is O=C(O)CC1CS(=O)(=O)CCN1C(=O)[C@H]1CCCNC1. The molecule has 1 amide bonds. The highest BCUT2D eigenvalue weighted by Crippen LogP contribution is 2.21. The van der Waals surface area contributed by atoms with Gasteiger partial charge >= 0.3 is 5.97 Å². The third kappa shape index (κ3) is 3.69. The standard InChI is InChI=1S/C12H20N2O5S/c15-11(16)6-10-8-20(18,19)5-4-14(10)12(17)9-2-1-3-13-7-9/h9-10,13H,1-8H2,(H,15,16)/t9-,10?/m0/s1. The number of sulfone groups is 1. The summed E-state index contributed by atoms with van der Waals surface area (Å²) in [5.41, 5.74) is 0. The normalized spacial score (nSPS) is 29.9. The number of amides is 1. The van der Waals surface area contributed by atoms with Crippen molar-refractivity contribution in [3.63, 3.8) is 0 Å². The highest BCUT2D eigenvalue weighted by molar-refractivity contribution is 7.91. The van der Waals surface area contributed by atoms with Crippen molar-refractivity contribution in [2.45, 2.75) is 25.3 Å². The van der Waals surface area contributed by atoms with Crippen LogP contribution in [0.5, 0.6) is 0 Å². The van der Waals surface area contributed by atoms with E-state index in [2.05, 4.69) is 5.32 Å². The summed E-state index contributed by atoms with van der Waals surface area (Å²) in [5, 5.41) is 12.0. The molecule has 2 N–H and O–H groups in total. The number of piperidine rings is 1. The Balaban J connectivity index is 2.10. The van der Waals surface area contributed by atoms with Gasteiger partial charge in [-0.2, -0.15) is 0 Å². The van der Waals surface area contributed by atoms with E-state index < -0.39 is 21.8 Å². The van der Waals surface area contributed by atoms with E-state index >= 15 is 0 Å². The van der Waals surface area contributed by atoms with Crippen LogP contribution >= 0.6 is 0 Å². The van der Waals surface area contributed by atoms with Gasteiger partial charge in [-0.25, -0.2) is 8.42 Å². The third-order valence-corrected chi connectivity index (χ3v) is 5.57. The first-order valence-electron chi connectivity index (χ1n) is 6.82. The van der Waals surface area contributed by atoms with Crippen LogP contribution in [0.3, 0.4) is 0 Å². The van der Waals surface area contributed by atoms with Crippen LogP contribution in [0.15, 0.2) is 0 Å². The van der Waals surface area contributed by atoms with E-state index in [1.165, 1.54) is 4.90 Å². The number of carboxylic acids is 1. The zero-order valence-electron chi connectivity index (χ0n) is 11.2. The van der Waals surface area contributed by atoms with Crippen molar-refractivity contribution in [2.24, 2.45) is 5.92 Å². The van der Waals surface area contributed by atoms with E-state index in [0.29, 0.717) is 6.54 Å². The maximum atomic E-state index is 12.5. The summed E-state index contributed by atoms with van der Waals surface area (Å²) >= 11 is 0. The van der Waals surface area contributed by atoms with Gasteiger partial charge in [0.05, 0.1) is 29.9 Å². The first kappa shape index (κ1) is 15.2. The van der Waals surface area contributed by atoms with E-state index in [0.717, 1.165) is 19.4 Å². The molecule has 2 aliphatic rings. The van der Waals surface area contributed by atoms with Gasteiger partial charge in [-0.3, -0.25) is 9.59 Å². The lowest BCUT2D eigenvalue weighted by atomic mass is 9.97. The molecule has 0 aromatic carbocycles.